The van der Waals surface area contributed by atoms with E-state index >= 15 is 0 Å². The first kappa shape index (κ1) is 21.7. The molecular formula is C24H30O4. The van der Waals surface area contributed by atoms with Gasteiger partial charge in [0, 0.05) is 18.7 Å². The van der Waals surface area contributed by atoms with Gasteiger partial charge in [-0.05, 0) is 53.2 Å². The maximum atomic E-state index is 12.2. The Hall–Kier alpha value is -2.59. The van der Waals surface area contributed by atoms with Crippen LogP contribution in [0.1, 0.15) is 54.5 Å². The largest absolute Gasteiger partial charge is 0.467 e. The van der Waals surface area contributed by atoms with Crippen molar-refractivity contribution in [3.63, 3.8) is 0 Å². The number of aryl methyl sites for hydroxylation is 2. The fourth-order valence-corrected chi connectivity index (χ4v) is 3.10. The summed E-state index contributed by atoms with van der Waals surface area (Å²) in [5.74, 6) is 0.653. The highest BCUT2D eigenvalue weighted by Gasteiger charge is 2.18. The molecule has 0 N–H and O–H groups in total. The first-order valence-corrected chi connectivity index (χ1v) is 9.56. The first-order chi connectivity index (χ1) is 13.4. The Morgan fingerprint density at radius 3 is 2.50 bits per heavy atom. The molecule has 4 heteroatoms. The third-order valence-corrected chi connectivity index (χ3v) is 4.68. The Morgan fingerprint density at radius 2 is 1.89 bits per heavy atom. The van der Waals surface area contributed by atoms with Gasteiger partial charge in [-0.25, -0.2) is 4.79 Å². The lowest BCUT2D eigenvalue weighted by molar-refractivity contribution is -0.134. The summed E-state index contributed by atoms with van der Waals surface area (Å²) in [5, 5.41) is 0. The van der Waals surface area contributed by atoms with Gasteiger partial charge in [-0.3, -0.25) is 0 Å². The van der Waals surface area contributed by atoms with E-state index in [9.17, 15) is 4.79 Å². The Kier molecular flexibility index (Phi) is 7.82. The monoisotopic (exact) mass is 382 g/mol. The Bertz CT molecular complexity index is 850. The molecule has 0 fully saturated rings. The van der Waals surface area contributed by atoms with Crippen LogP contribution in [0.25, 0.3) is 5.57 Å². The zero-order valence-electron chi connectivity index (χ0n) is 17.7. The molecule has 0 amide bonds. The molecule has 2 aromatic rings. The average Bonchev–Trinajstić information content (AvgIpc) is 2.70. The van der Waals surface area contributed by atoms with Crippen molar-refractivity contribution in [3.8, 4) is 5.75 Å². The second kappa shape index (κ2) is 10.1. The predicted octanol–water partition coefficient (Wildman–Crippen LogP) is 5.27. The van der Waals surface area contributed by atoms with Crippen molar-refractivity contribution in [2.45, 2.75) is 40.0 Å². The molecule has 2 aromatic carbocycles. The molecule has 0 unspecified atom stereocenters. The predicted molar refractivity (Wildman–Crippen MR) is 113 cm³/mol. The zero-order chi connectivity index (χ0) is 20.7. The van der Waals surface area contributed by atoms with Crippen LogP contribution in [-0.4, -0.2) is 27.0 Å². The smallest absolute Gasteiger partial charge is 0.331 e. The molecule has 28 heavy (non-hydrogen) atoms. The van der Waals surface area contributed by atoms with E-state index in [1.165, 1.54) is 24.3 Å². The second-order valence-electron chi connectivity index (χ2n) is 7.06. The van der Waals surface area contributed by atoms with E-state index in [1.54, 1.807) is 7.11 Å². The van der Waals surface area contributed by atoms with Gasteiger partial charge in [0.05, 0.1) is 7.11 Å². The van der Waals surface area contributed by atoms with E-state index in [2.05, 4.69) is 45.0 Å². The molecule has 150 valence electrons. The number of hydrogen-bond donors (Lipinski definition) is 0. The number of rotatable bonds is 8. The van der Waals surface area contributed by atoms with E-state index in [0.717, 1.165) is 28.7 Å². The van der Waals surface area contributed by atoms with Crippen molar-refractivity contribution >= 4 is 11.5 Å². The lowest BCUT2D eigenvalue weighted by atomic mass is 9.89. The van der Waals surface area contributed by atoms with Crippen LogP contribution >= 0.6 is 0 Å². The number of methoxy groups -OCH3 is 2. The van der Waals surface area contributed by atoms with Gasteiger partial charge in [0.15, 0.2) is 6.79 Å². The molecule has 0 heterocycles. The molecule has 0 aromatic heterocycles. The van der Waals surface area contributed by atoms with Crippen LogP contribution in [0.2, 0.25) is 0 Å². The van der Waals surface area contributed by atoms with Crippen LogP contribution < -0.4 is 4.74 Å². The molecule has 0 aliphatic heterocycles. The SMILES string of the molecule is CCc1cccc(C(=CC(=O)OC)c2cc(C(C)C)cc(C)c2OCOC)c1. The normalized spacial score (nSPS) is 11.6. The highest BCUT2D eigenvalue weighted by Crippen LogP contribution is 2.37. The number of ether oxygens (including phenoxy) is 3. The number of esters is 1. The van der Waals surface area contributed by atoms with E-state index < -0.39 is 5.97 Å². The van der Waals surface area contributed by atoms with Crippen LogP contribution in [0.3, 0.4) is 0 Å². The molecular weight excluding hydrogens is 352 g/mol. The minimum Gasteiger partial charge on any atom is -0.467 e. The molecule has 0 radical (unpaired) electrons. The maximum absolute atomic E-state index is 12.2. The van der Waals surface area contributed by atoms with E-state index in [-0.39, 0.29) is 6.79 Å². The maximum Gasteiger partial charge on any atom is 0.331 e. The van der Waals surface area contributed by atoms with Crippen molar-refractivity contribution in [3.05, 3.63) is 70.3 Å². The van der Waals surface area contributed by atoms with Gasteiger partial charge in [-0.2, -0.15) is 0 Å². The molecule has 0 aliphatic carbocycles. The second-order valence-corrected chi connectivity index (χ2v) is 7.06. The van der Waals surface area contributed by atoms with Crippen molar-refractivity contribution in [2.24, 2.45) is 0 Å². The van der Waals surface area contributed by atoms with Crippen LogP contribution in [0.4, 0.5) is 0 Å². The van der Waals surface area contributed by atoms with Crippen molar-refractivity contribution in [1.29, 1.82) is 0 Å². The van der Waals surface area contributed by atoms with Crippen molar-refractivity contribution in [1.82, 2.24) is 0 Å². The third kappa shape index (κ3) is 5.23. The molecule has 0 spiro atoms. The fourth-order valence-electron chi connectivity index (χ4n) is 3.10. The Labute approximate surface area is 168 Å². The van der Waals surface area contributed by atoms with Gasteiger partial charge in [-0.15, -0.1) is 0 Å². The minimum absolute atomic E-state index is 0.134. The molecule has 0 atom stereocenters. The van der Waals surface area contributed by atoms with Crippen LogP contribution in [0, 0.1) is 6.92 Å². The molecule has 0 saturated carbocycles. The number of benzene rings is 2. The Balaban J connectivity index is 2.76. The summed E-state index contributed by atoms with van der Waals surface area (Å²) in [4.78, 5) is 12.2. The Morgan fingerprint density at radius 1 is 1.14 bits per heavy atom. The minimum atomic E-state index is -0.401. The first-order valence-electron chi connectivity index (χ1n) is 9.56. The number of carbonyl (C=O) groups is 1. The lowest BCUT2D eigenvalue weighted by Gasteiger charge is -2.20. The van der Waals surface area contributed by atoms with E-state index in [0.29, 0.717) is 11.7 Å². The summed E-state index contributed by atoms with van der Waals surface area (Å²) in [5.41, 5.74) is 5.97. The van der Waals surface area contributed by atoms with Gasteiger partial charge >= 0.3 is 5.97 Å². The van der Waals surface area contributed by atoms with Crippen molar-refractivity contribution < 1.29 is 19.0 Å². The van der Waals surface area contributed by atoms with Crippen molar-refractivity contribution in [2.75, 3.05) is 21.0 Å². The fraction of sp³-hybridized carbons (Fsp3) is 0.375. The summed E-state index contributed by atoms with van der Waals surface area (Å²) in [6, 6.07) is 12.4. The van der Waals surface area contributed by atoms with Crippen LogP contribution in [0.5, 0.6) is 5.75 Å². The summed E-state index contributed by atoms with van der Waals surface area (Å²) in [6.07, 6.45) is 2.45. The van der Waals surface area contributed by atoms with Crippen LogP contribution in [-0.2, 0) is 20.7 Å². The lowest BCUT2D eigenvalue weighted by Crippen LogP contribution is -2.07. The quantitative estimate of drug-likeness (QED) is 0.354. The zero-order valence-corrected chi connectivity index (χ0v) is 17.7. The topological polar surface area (TPSA) is 44.8 Å². The van der Waals surface area contributed by atoms with E-state index in [4.69, 9.17) is 14.2 Å². The summed E-state index contributed by atoms with van der Waals surface area (Å²) >= 11 is 0. The highest BCUT2D eigenvalue weighted by molar-refractivity contribution is 5.97. The molecule has 0 saturated heterocycles. The molecule has 0 bridgehead atoms. The van der Waals surface area contributed by atoms with Gasteiger partial charge in [0.1, 0.15) is 5.75 Å². The van der Waals surface area contributed by atoms with Gasteiger partial charge in [-0.1, -0.05) is 51.1 Å². The molecule has 0 aliphatic rings. The van der Waals surface area contributed by atoms with Gasteiger partial charge < -0.3 is 14.2 Å². The number of carbonyl (C=O) groups excluding carboxylic acids is 1. The van der Waals surface area contributed by atoms with E-state index in [1.807, 2.05) is 19.1 Å². The molecule has 4 nitrogen and oxygen atoms in total. The standard InChI is InChI=1S/C24H30O4/c1-7-18-9-8-10-19(12-18)21(14-23(25)27-6)22-13-20(16(2)3)11-17(4)24(22)28-15-26-5/h8-14,16H,7,15H2,1-6H3. The summed E-state index contributed by atoms with van der Waals surface area (Å²) in [7, 11) is 2.98. The van der Waals surface area contributed by atoms with Crippen LogP contribution in [0.15, 0.2) is 42.5 Å². The molecule has 2 rings (SSSR count). The third-order valence-electron chi connectivity index (χ3n) is 4.68. The highest BCUT2D eigenvalue weighted by atomic mass is 16.7. The average molecular weight is 383 g/mol. The van der Waals surface area contributed by atoms with Gasteiger partial charge in [0.2, 0.25) is 0 Å². The summed E-state index contributed by atoms with van der Waals surface area (Å²) in [6.45, 7) is 8.55. The van der Waals surface area contributed by atoms with Gasteiger partial charge in [0.25, 0.3) is 0 Å². The number of hydrogen-bond acceptors (Lipinski definition) is 4. The summed E-state index contributed by atoms with van der Waals surface area (Å²) < 4.78 is 16.0.